The quantitative estimate of drug-likeness (QED) is 0.671. The summed E-state index contributed by atoms with van der Waals surface area (Å²) in [5, 5.41) is 5.34. The first-order valence-corrected chi connectivity index (χ1v) is 9.70. The molecule has 4 rings (SSSR count). The molecule has 2 aromatic heterocycles. The van der Waals surface area contributed by atoms with Gasteiger partial charge in [0.2, 0.25) is 0 Å². The zero-order valence-electron chi connectivity index (χ0n) is 14.6. The molecule has 3 heterocycles. The van der Waals surface area contributed by atoms with Crippen LogP contribution < -0.4 is 4.90 Å². The number of benzene rings is 1. The minimum Gasteiger partial charge on any atom is -0.353 e. The number of aryl methyl sites for hydroxylation is 1. The van der Waals surface area contributed by atoms with Crippen LogP contribution in [0.3, 0.4) is 0 Å². The lowest BCUT2D eigenvalue weighted by Gasteiger charge is -2.35. The van der Waals surface area contributed by atoms with Crippen LogP contribution in [0.25, 0.3) is 11.0 Å². The standard InChI is InChI=1S/C18H22N6S/c1-22-17-16(11-21-22)18(20-13-19-17)24-9-7-23(8-10-24)12-14-3-5-15(25-2)6-4-14/h3-6,11,13H,7-10,12H2,1-2H3. The van der Waals surface area contributed by atoms with E-state index in [4.69, 9.17) is 0 Å². The van der Waals surface area contributed by atoms with E-state index in [1.54, 1.807) is 22.8 Å². The predicted octanol–water partition coefficient (Wildman–Crippen LogP) is 2.41. The fraction of sp³-hybridized carbons (Fsp3) is 0.389. The highest BCUT2D eigenvalue weighted by Gasteiger charge is 2.21. The molecule has 0 saturated carbocycles. The number of piperazine rings is 1. The number of hydrogen-bond donors (Lipinski definition) is 0. The van der Waals surface area contributed by atoms with E-state index in [2.05, 4.69) is 55.4 Å². The molecule has 0 spiro atoms. The van der Waals surface area contributed by atoms with Gasteiger partial charge in [0.25, 0.3) is 0 Å². The van der Waals surface area contributed by atoms with E-state index < -0.39 is 0 Å². The molecule has 0 N–H and O–H groups in total. The summed E-state index contributed by atoms with van der Waals surface area (Å²) in [7, 11) is 1.92. The van der Waals surface area contributed by atoms with Crippen LogP contribution in [0.4, 0.5) is 5.82 Å². The lowest BCUT2D eigenvalue weighted by Crippen LogP contribution is -2.46. The Morgan fingerprint density at radius 2 is 1.80 bits per heavy atom. The molecule has 0 unspecified atom stereocenters. The summed E-state index contributed by atoms with van der Waals surface area (Å²) in [6.07, 6.45) is 5.62. The van der Waals surface area contributed by atoms with E-state index >= 15 is 0 Å². The monoisotopic (exact) mass is 354 g/mol. The molecule has 0 atom stereocenters. The molecule has 1 aliphatic rings. The largest absolute Gasteiger partial charge is 0.353 e. The van der Waals surface area contributed by atoms with Gasteiger partial charge < -0.3 is 4.90 Å². The maximum Gasteiger partial charge on any atom is 0.163 e. The van der Waals surface area contributed by atoms with Crippen LogP contribution in [-0.4, -0.2) is 57.1 Å². The summed E-state index contributed by atoms with van der Waals surface area (Å²) in [5.41, 5.74) is 2.27. The summed E-state index contributed by atoms with van der Waals surface area (Å²) >= 11 is 1.78. The highest BCUT2D eigenvalue weighted by molar-refractivity contribution is 7.98. The predicted molar refractivity (Wildman–Crippen MR) is 102 cm³/mol. The SMILES string of the molecule is CSc1ccc(CN2CCN(c3ncnc4c3cnn4C)CC2)cc1. The van der Waals surface area contributed by atoms with E-state index in [1.165, 1.54) is 10.5 Å². The minimum atomic E-state index is 0.890. The van der Waals surface area contributed by atoms with Gasteiger partial charge in [-0.1, -0.05) is 12.1 Å². The number of fused-ring (bicyclic) bond motifs is 1. The van der Waals surface area contributed by atoms with Crippen LogP contribution in [-0.2, 0) is 13.6 Å². The molecule has 1 aliphatic heterocycles. The van der Waals surface area contributed by atoms with Gasteiger partial charge in [-0.15, -0.1) is 11.8 Å². The Morgan fingerprint density at radius 1 is 1.04 bits per heavy atom. The molecular weight excluding hydrogens is 332 g/mol. The Hall–Kier alpha value is -2.12. The van der Waals surface area contributed by atoms with Crippen molar-refractivity contribution in [3.8, 4) is 0 Å². The van der Waals surface area contributed by atoms with E-state index in [9.17, 15) is 0 Å². The first kappa shape index (κ1) is 16.4. The third kappa shape index (κ3) is 3.34. The lowest BCUT2D eigenvalue weighted by molar-refractivity contribution is 0.249. The zero-order valence-corrected chi connectivity index (χ0v) is 15.4. The smallest absolute Gasteiger partial charge is 0.163 e. The van der Waals surface area contributed by atoms with E-state index in [0.29, 0.717) is 0 Å². The molecule has 1 saturated heterocycles. The lowest BCUT2D eigenvalue weighted by atomic mass is 10.2. The second-order valence-electron chi connectivity index (χ2n) is 6.31. The molecule has 25 heavy (non-hydrogen) atoms. The van der Waals surface area contributed by atoms with Gasteiger partial charge in [-0.25, -0.2) is 9.97 Å². The molecular formula is C18H22N6S. The Kier molecular flexibility index (Phi) is 4.59. The number of nitrogens with zero attached hydrogens (tertiary/aromatic N) is 6. The fourth-order valence-corrected chi connectivity index (χ4v) is 3.72. The highest BCUT2D eigenvalue weighted by Crippen LogP contribution is 2.23. The normalized spacial score (nSPS) is 15.8. The van der Waals surface area contributed by atoms with Crippen LogP contribution in [0.1, 0.15) is 5.56 Å². The van der Waals surface area contributed by atoms with Gasteiger partial charge in [0, 0.05) is 44.7 Å². The third-order valence-electron chi connectivity index (χ3n) is 4.75. The number of thioether (sulfide) groups is 1. The molecule has 6 nitrogen and oxygen atoms in total. The van der Waals surface area contributed by atoms with Crippen molar-refractivity contribution in [3.05, 3.63) is 42.4 Å². The summed E-state index contributed by atoms with van der Waals surface area (Å²) in [4.78, 5) is 15.0. The first-order valence-electron chi connectivity index (χ1n) is 8.47. The van der Waals surface area contributed by atoms with E-state index in [-0.39, 0.29) is 0 Å². The summed E-state index contributed by atoms with van der Waals surface area (Å²) in [6, 6.07) is 8.89. The topological polar surface area (TPSA) is 50.1 Å². The highest BCUT2D eigenvalue weighted by atomic mass is 32.2. The molecule has 1 aromatic carbocycles. The zero-order chi connectivity index (χ0) is 17.2. The average Bonchev–Trinajstić information content (AvgIpc) is 3.04. The second kappa shape index (κ2) is 7.01. The fourth-order valence-electron chi connectivity index (χ4n) is 3.31. The van der Waals surface area contributed by atoms with E-state index in [0.717, 1.165) is 49.6 Å². The molecule has 130 valence electrons. The van der Waals surface area contributed by atoms with Crippen molar-refractivity contribution < 1.29 is 0 Å². The van der Waals surface area contributed by atoms with Crippen molar-refractivity contribution in [3.63, 3.8) is 0 Å². The maximum absolute atomic E-state index is 4.51. The van der Waals surface area contributed by atoms with Crippen molar-refractivity contribution in [1.82, 2.24) is 24.6 Å². The number of rotatable bonds is 4. The van der Waals surface area contributed by atoms with Crippen molar-refractivity contribution >= 4 is 28.6 Å². The summed E-state index contributed by atoms with van der Waals surface area (Å²) < 4.78 is 1.80. The van der Waals surface area contributed by atoms with Gasteiger partial charge in [0.05, 0.1) is 11.6 Å². The molecule has 0 bridgehead atoms. The van der Waals surface area contributed by atoms with Gasteiger partial charge in [-0.2, -0.15) is 5.10 Å². The van der Waals surface area contributed by atoms with Gasteiger partial charge in [-0.05, 0) is 24.0 Å². The Bertz CT molecular complexity index is 852. The van der Waals surface area contributed by atoms with Crippen LogP contribution >= 0.6 is 11.8 Å². The number of hydrogen-bond acceptors (Lipinski definition) is 6. The average molecular weight is 354 g/mol. The Balaban J connectivity index is 1.42. The van der Waals surface area contributed by atoms with Crippen LogP contribution in [0.15, 0.2) is 41.7 Å². The van der Waals surface area contributed by atoms with Crippen LogP contribution in [0.5, 0.6) is 0 Å². The number of aromatic nitrogens is 4. The molecule has 1 fully saturated rings. The first-order chi connectivity index (χ1) is 12.2. The second-order valence-corrected chi connectivity index (χ2v) is 7.19. The maximum atomic E-state index is 4.51. The minimum absolute atomic E-state index is 0.890. The summed E-state index contributed by atoms with van der Waals surface area (Å²) in [5.74, 6) is 1.00. The van der Waals surface area contributed by atoms with Gasteiger partial charge >= 0.3 is 0 Å². The third-order valence-corrected chi connectivity index (χ3v) is 5.49. The molecule has 7 heteroatoms. The van der Waals surface area contributed by atoms with Gasteiger partial charge in [0.1, 0.15) is 12.1 Å². The van der Waals surface area contributed by atoms with Gasteiger partial charge in [0.15, 0.2) is 5.65 Å². The molecule has 3 aromatic rings. The van der Waals surface area contributed by atoms with Crippen LogP contribution in [0, 0.1) is 0 Å². The Morgan fingerprint density at radius 3 is 2.52 bits per heavy atom. The van der Waals surface area contributed by atoms with Crippen molar-refractivity contribution in [2.45, 2.75) is 11.4 Å². The van der Waals surface area contributed by atoms with Crippen molar-refractivity contribution in [2.24, 2.45) is 7.05 Å². The Labute approximate surface area is 151 Å². The van der Waals surface area contributed by atoms with Crippen molar-refractivity contribution in [2.75, 3.05) is 37.3 Å². The van der Waals surface area contributed by atoms with Crippen molar-refractivity contribution in [1.29, 1.82) is 0 Å². The van der Waals surface area contributed by atoms with E-state index in [1.807, 2.05) is 13.2 Å². The molecule has 0 radical (unpaired) electrons. The molecule has 0 amide bonds. The van der Waals surface area contributed by atoms with Gasteiger partial charge in [-0.3, -0.25) is 9.58 Å². The van der Waals surface area contributed by atoms with Crippen LogP contribution in [0.2, 0.25) is 0 Å². The number of anilines is 1. The molecule has 0 aliphatic carbocycles. The summed E-state index contributed by atoms with van der Waals surface area (Å²) in [6.45, 7) is 5.04.